The number of rotatable bonds is 6. The highest BCUT2D eigenvalue weighted by molar-refractivity contribution is 7.88. The van der Waals surface area contributed by atoms with Gasteiger partial charge in [0, 0.05) is 12.2 Å². The second kappa shape index (κ2) is 6.80. The van der Waals surface area contributed by atoms with Crippen LogP contribution in [0.5, 0.6) is 0 Å². The second-order valence-corrected chi connectivity index (χ2v) is 6.68. The van der Waals surface area contributed by atoms with Gasteiger partial charge in [-0.2, -0.15) is 0 Å². The molecule has 0 aliphatic carbocycles. The Balaban J connectivity index is 1.98. The molecule has 0 saturated heterocycles. The molecule has 0 saturated carbocycles. The quantitative estimate of drug-likeness (QED) is 0.846. The minimum absolute atomic E-state index is 0.0519. The van der Waals surface area contributed by atoms with Crippen molar-refractivity contribution in [3.63, 3.8) is 0 Å². The number of aryl methyl sites for hydroxylation is 1. The number of pyridine rings is 1. The van der Waals surface area contributed by atoms with Gasteiger partial charge in [0.1, 0.15) is 0 Å². The lowest BCUT2D eigenvalue weighted by Gasteiger charge is -2.07. The summed E-state index contributed by atoms with van der Waals surface area (Å²) in [4.78, 5) is 4.27. The molecule has 0 unspecified atom stereocenters. The van der Waals surface area contributed by atoms with Crippen molar-refractivity contribution in [2.24, 2.45) is 5.73 Å². The van der Waals surface area contributed by atoms with Crippen molar-refractivity contribution >= 4 is 10.0 Å². The van der Waals surface area contributed by atoms with Gasteiger partial charge in [-0.25, -0.2) is 13.1 Å². The van der Waals surface area contributed by atoms with Gasteiger partial charge in [-0.1, -0.05) is 30.3 Å². The van der Waals surface area contributed by atoms with Crippen molar-refractivity contribution in [2.45, 2.75) is 25.8 Å². The third kappa shape index (κ3) is 4.93. The Morgan fingerprint density at radius 3 is 2.38 bits per heavy atom. The molecule has 0 amide bonds. The van der Waals surface area contributed by atoms with E-state index in [1.165, 1.54) is 0 Å². The van der Waals surface area contributed by atoms with E-state index in [4.69, 9.17) is 5.73 Å². The number of sulfonamides is 1. The standard InChI is InChI=1S/C15H19N3O2S/c1-12-3-2-4-15(18-12)10-17-21(19,20)11-14-7-5-13(9-16)6-8-14/h2-8,17H,9-11,16H2,1H3. The molecule has 1 aromatic heterocycles. The number of hydrogen-bond acceptors (Lipinski definition) is 4. The van der Waals surface area contributed by atoms with E-state index >= 15 is 0 Å². The van der Waals surface area contributed by atoms with Crippen LogP contribution in [0, 0.1) is 6.92 Å². The molecule has 0 spiro atoms. The second-order valence-electron chi connectivity index (χ2n) is 4.87. The maximum atomic E-state index is 12.0. The van der Waals surface area contributed by atoms with Gasteiger partial charge in [0.05, 0.1) is 18.0 Å². The molecule has 0 atom stereocenters. The summed E-state index contributed by atoms with van der Waals surface area (Å²) in [7, 11) is -3.39. The van der Waals surface area contributed by atoms with Crippen molar-refractivity contribution in [3.05, 3.63) is 65.0 Å². The Morgan fingerprint density at radius 2 is 1.76 bits per heavy atom. The third-order valence-electron chi connectivity index (χ3n) is 3.03. The number of nitrogens with one attached hydrogen (secondary N) is 1. The van der Waals surface area contributed by atoms with Gasteiger partial charge in [-0.05, 0) is 30.2 Å². The van der Waals surface area contributed by atoms with Crippen molar-refractivity contribution < 1.29 is 8.42 Å². The van der Waals surface area contributed by atoms with Gasteiger partial charge in [-0.3, -0.25) is 4.98 Å². The SMILES string of the molecule is Cc1cccc(CNS(=O)(=O)Cc2ccc(CN)cc2)n1. The molecule has 2 aromatic rings. The van der Waals surface area contributed by atoms with Crippen LogP contribution in [0.3, 0.4) is 0 Å². The molecule has 2 rings (SSSR count). The first-order chi connectivity index (χ1) is 9.98. The summed E-state index contributed by atoms with van der Waals surface area (Å²) < 4.78 is 26.7. The van der Waals surface area contributed by atoms with Gasteiger partial charge >= 0.3 is 0 Å². The zero-order valence-corrected chi connectivity index (χ0v) is 12.7. The van der Waals surface area contributed by atoms with Crippen molar-refractivity contribution in [1.29, 1.82) is 0 Å². The predicted molar refractivity (Wildman–Crippen MR) is 82.8 cm³/mol. The summed E-state index contributed by atoms with van der Waals surface area (Å²) in [5.74, 6) is -0.0519. The fourth-order valence-electron chi connectivity index (χ4n) is 1.92. The summed E-state index contributed by atoms with van der Waals surface area (Å²) in [6.45, 7) is 2.52. The van der Waals surface area contributed by atoms with Crippen LogP contribution >= 0.6 is 0 Å². The molecule has 5 nitrogen and oxygen atoms in total. The smallest absolute Gasteiger partial charge is 0.216 e. The third-order valence-corrected chi connectivity index (χ3v) is 4.33. The minimum Gasteiger partial charge on any atom is -0.326 e. The maximum Gasteiger partial charge on any atom is 0.216 e. The van der Waals surface area contributed by atoms with Crippen molar-refractivity contribution in [3.8, 4) is 0 Å². The van der Waals surface area contributed by atoms with Crippen LogP contribution in [0.25, 0.3) is 0 Å². The zero-order valence-electron chi connectivity index (χ0n) is 11.9. The number of nitrogens with zero attached hydrogens (tertiary/aromatic N) is 1. The topological polar surface area (TPSA) is 85.1 Å². The Hall–Kier alpha value is -1.76. The summed E-state index contributed by atoms with van der Waals surface area (Å²) >= 11 is 0. The summed E-state index contributed by atoms with van der Waals surface area (Å²) in [5.41, 5.74) is 8.80. The van der Waals surface area contributed by atoms with Gasteiger partial charge in [0.25, 0.3) is 0 Å². The summed E-state index contributed by atoms with van der Waals surface area (Å²) in [6.07, 6.45) is 0. The molecule has 6 heteroatoms. The number of aromatic nitrogens is 1. The van der Waals surface area contributed by atoms with E-state index in [0.717, 1.165) is 16.8 Å². The van der Waals surface area contributed by atoms with Crippen LogP contribution in [0.15, 0.2) is 42.5 Å². The molecule has 1 aromatic carbocycles. The van der Waals surface area contributed by atoms with Crippen LogP contribution in [0.2, 0.25) is 0 Å². The molecule has 21 heavy (non-hydrogen) atoms. The van der Waals surface area contributed by atoms with Crippen molar-refractivity contribution in [1.82, 2.24) is 9.71 Å². The fraction of sp³-hybridized carbons (Fsp3) is 0.267. The van der Waals surface area contributed by atoms with E-state index in [9.17, 15) is 8.42 Å². The number of nitrogens with two attached hydrogens (primary N) is 1. The van der Waals surface area contributed by atoms with Crippen LogP contribution in [0.4, 0.5) is 0 Å². The van der Waals surface area contributed by atoms with E-state index in [0.29, 0.717) is 12.2 Å². The first-order valence-electron chi connectivity index (χ1n) is 6.66. The van der Waals surface area contributed by atoms with Gasteiger partial charge in [-0.15, -0.1) is 0 Å². The molecular formula is C15H19N3O2S. The van der Waals surface area contributed by atoms with Crippen molar-refractivity contribution in [2.75, 3.05) is 0 Å². The maximum absolute atomic E-state index is 12.0. The molecule has 1 heterocycles. The van der Waals surface area contributed by atoms with E-state index in [-0.39, 0.29) is 12.3 Å². The largest absolute Gasteiger partial charge is 0.326 e. The molecule has 0 bridgehead atoms. The van der Waals surface area contributed by atoms with Crippen LogP contribution < -0.4 is 10.5 Å². The highest BCUT2D eigenvalue weighted by atomic mass is 32.2. The monoisotopic (exact) mass is 305 g/mol. The average Bonchev–Trinajstić information content (AvgIpc) is 2.46. The van der Waals surface area contributed by atoms with Gasteiger partial charge < -0.3 is 5.73 Å². The Labute approximate surface area is 125 Å². The minimum atomic E-state index is -3.39. The number of hydrogen-bond donors (Lipinski definition) is 2. The molecule has 3 N–H and O–H groups in total. The zero-order chi connectivity index (χ0) is 15.3. The van der Waals surface area contributed by atoms with E-state index < -0.39 is 10.0 Å². The highest BCUT2D eigenvalue weighted by Crippen LogP contribution is 2.08. The lowest BCUT2D eigenvalue weighted by atomic mass is 10.1. The molecule has 0 fully saturated rings. The van der Waals surface area contributed by atoms with E-state index in [2.05, 4.69) is 9.71 Å². The first-order valence-corrected chi connectivity index (χ1v) is 8.31. The average molecular weight is 305 g/mol. The lowest BCUT2D eigenvalue weighted by Crippen LogP contribution is -2.25. The van der Waals surface area contributed by atoms with Crippen LogP contribution in [0.1, 0.15) is 22.5 Å². The normalized spacial score (nSPS) is 11.5. The van der Waals surface area contributed by atoms with Crippen LogP contribution in [-0.2, 0) is 28.9 Å². The molecular weight excluding hydrogens is 286 g/mol. The van der Waals surface area contributed by atoms with Gasteiger partial charge in [0.2, 0.25) is 10.0 Å². The van der Waals surface area contributed by atoms with E-state index in [1.807, 2.05) is 31.2 Å². The Morgan fingerprint density at radius 1 is 1.10 bits per heavy atom. The highest BCUT2D eigenvalue weighted by Gasteiger charge is 2.11. The first kappa shape index (κ1) is 15.6. The summed E-state index contributed by atoms with van der Waals surface area (Å²) in [6, 6.07) is 12.8. The lowest BCUT2D eigenvalue weighted by molar-refractivity contribution is 0.579. The fourth-order valence-corrected chi connectivity index (χ4v) is 3.03. The molecule has 0 aliphatic heterocycles. The summed E-state index contributed by atoms with van der Waals surface area (Å²) in [5, 5.41) is 0. The molecule has 0 aliphatic rings. The number of benzene rings is 1. The van der Waals surface area contributed by atoms with Crippen LogP contribution in [-0.4, -0.2) is 13.4 Å². The Bertz CT molecular complexity index is 697. The molecule has 0 radical (unpaired) electrons. The Kier molecular flexibility index (Phi) is 5.06. The van der Waals surface area contributed by atoms with Gasteiger partial charge in [0.15, 0.2) is 0 Å². The van der Waals surface area contributed by atoms with E-state index in [1.54, 1.807) is 18.2 Å². The predicted octanol–water partition coefficient (Wildman–Crippen LogP) is 1.47. The molecule has 112 valence electrons.